The molecule has 1 unspecified atom stereocenters. The van der Waals surface area contributed by atoms with Crippen LogP contribution in [0.15, 0.2) is 10.7 Å². The fourth-order valence-electron chi connectivity index (χ4n) is 1.45. The Kier molecular flexibility index (Phi) is 1.78. The summed E-state index contributed by atoms with van der Waals surface area (Å²) in [4.78, 5) is 4.19. The third-order valence-corrected chi connectivity index (χ3v) is 2.50. The second-order valence-corrected chi connectivity index (χ2v) is 3.68. The number of rotatable bonds is 3. The van der Waals surface area contributed by atoms with Crippen LogP contribution in [-0.2, 0) is 0 Å². The third-order valence-electron chi connectivity index (χ3n) is 2.50. The van der Waals surface area contributed by atoms with Gasteiger partial charge in [-0.05, 0) is 18.8 Å². The smallest absolute Gasteiger partial charge is 0.280 e. The van der Waals surface area contributed by atoms with Crippen molar-refractivity contribution in [3.05, 3.63) is 12.0 Å². The van der Waals surface area contributed by atoms with Crippen molar-refractivity contribution in [2.24, 2.45) is 11.7 Å². The van der Waals surface area contributed by atoms with Gasteiger partial charge in [0.2, 0.25) is 0 Å². The maximum Gasteiger partial charge on any atom is 0.280 e. The van der Waals surface area contributed by atoms with Crippen LogP contribution in [0.2, 0.25) is 0 Å². The number of nitrogens with zero attached hydrogens (tertiary/aromatic N) is 4. The molecule has 2 aromatic heterocycles. The lowest BCUT2D eigenvalue weighted by Crippen LogP contribution is -2.13. The lowest BCUT2D eigenvalue weighted by molar-refractivity contribution is 0.410. The van der Waals surface area contributed by atoms with Crippen LogP contribution in [0.1, 0.15) is 24.7 Å². The van der Waals surface area contributed by atoms with Crippen LogP contribution in [0.4, 0.5) is 0 Å². The third kappa shape index (κ3) is 1.50. The minimum absolute atomic E-state index is 0.116. The molecule has 1 atom stereocenters. The number of aromatic amines is 1. The highest BCUT2D eigenvalue weighted by atomic mass is 16.5. The molecule has 1 aliphatic carbocycles. The Morgan fingerprint density at radius 1 is 1.53 bits per heavy atom. The summed E-state index contributed by atoms with van der Waals surface area (Å²) >= 11 is 0. The minimum Gasteiger partial charge on any atom is -0.332 e. The molecule has 2 aromatic rings. The Bertz CT molecular complexity index is 445. The molecule has 0 amide bonds. The summed E-state index contributed by atoms with van der Waals surface area (Å²) in [6.07, 6.45) is 3.82. The Morgan fingerprint density at radius 2 is 2.40 bits per heavy atom. The van der Waals surface area contributed by atoms with Gasteiger partial charge in [0, 0.05) is 0 Å². The van der Waals surface area contributed by atoms with Crippen LogP contribution < -0.4 is 5.73 Å². The van der Waals surface area contributed by atoms with Gasteiger partial charge < -0.3 is 10.3 Å². The molecule has 3 rings (SSSR count). The largest absolute Gasteiger partial charge is 0.332 e. The van der Waals surface area contributed by atoms with Gasteiger partial charge in [0.1, 0.15) is 0 Å². The zero-order chi connectivity index (χ0) is 10.3. The molecule has 0 aliphatic heterocycles. The number of H-pyrrole nitrogens is 1. The fourth-order valence-corrected chi connectivity index (χ4v) is 1.45. The first-order valence-electron chi connectivity index (χ1n) is 4.80. The lowest BCUT2D eigenvalue weighted by atomic mass is 10.2. The summed E-state index contributed by atoms with van der Waals surface area (Å²) in [5.74, 6) is 1.41. The molecule has 1 saturated carbocycles. The average molecular weight is 206 g/mol. The molecule has 0 radical (unpaired) electrons. The Hall–Kier alpha value is -1.76. The van der Waals surface area contributed by atoms with Gasteiger partial charge >= 0.3 is 0 Å². The van der Waals surface area contributed by atoms with Crippen molar-refractivity contribution in [3.63, 3.8) is 0 Å². The predicted octanol–water partition coefficient (Wildman–Crippen LogP) is 0.264. The first-order valence-corrected chi connectivity index (χ1v) is 4.80. The minimum atomic E-state index is -0.116. The normalized spacial score (nSPS) is 17.9. The maximum absolute atomic E-state index is 5.94. The number of nitrogens with two attached hydrogens (primary N) is 1. The Labute approximate surface area is 85.1 Å². The Morgan fingerprint density at radius 3 is 3.07 bits per heavy atom. The zero-order valence-corrected chi connectivity index (χ0v) is 7.92. The lowest BCUT2D eigenvalue weighted by Gasteiger charge is -2.01. The molecule has 15 heavy (non-hydrogen) atoms. The Balaban J connectivity index is 1.87. The van der Waals surface area contributed by atoms with E-state index in [1.165, 1.54) is 6.20 Å². The van der Waals surface area contributed by atoms with Gasteiger partial charge in [-0.3, -0.25) is 0 Å². The van der Waals surface area contributed by atoms with Gasteiger partial charge in [-0.1, -0.05) is 5.16 Å². The van der Waals surface area contributed by atoms with Gasteiger partial charge in [0.05, 0.1) is 12.2 Å². The number of hydrogen-bond donors (Lipinski definition) is 2. The molecule has 2 heterocycles. The average Bonchev–Trinajstić information content (AvgIpc) is 2.80. The van der Waals surface area contributed by atoms with Crippen molar-refractivity contribution in [2.75, 3.05) is 0 Å². The molecule has 3 N–H and O–H groups in total. The van der Waals surface area contributed by atoms with E-state index in [0.717, 1.165) is 12.8 Å². The van der Waals surface area contributed by atoms with Crippen LogP contribution in [0.5, 0.6) is 0 Å². The van der Waals surface area contributed by atoms with Crippen molar-refractivity contribution in [3.8, 4) is 11.6 Å². The molecule has 7 nitrogen and oxygen atoms in total. The number of aromatic nitrogens is 5. The quantitative estimate of drug-likeness (QED) is 0.746. The molecule has 7 heteroatoms. The fraction of sp³-hybridized carbons (Fsp3) is 0.500. The van der Waals surface area contributed by atoms with E-state index in [9.17, 15) is 0 Å². The van der Waals surface area contributed by atoms with Crippen LogP contribution in [-0.4, -0.2) is 25.6 Å². The summed E-state index contributed by atoms with van der Waals surface area (Å²) in [6, 6.07) is -0.116. The molecule has 0 spiro atoms. The maximum atomic E-state index is 5.94. The molecular formula is C8H10N6O. The second-order valence-electron chi connectivity index (χ2n) is 3.68. The topological polar surface area (TPSA) is 107 Å². The van der Waals surface area contributed by atoms with Gasteiger partial charge in [0.15, 0.2) is 11.5 Å². The second kappa shape index (κ2) is 3.13. The van der Waals surface area contributed by atoms with Crippen molar-refractivity contribution in [2.45, 2.75) is 18.9 Å². The molecular weight excluding hydrogens is 196 g/mol. The first kappa shape index (κ1) is 8.54. The van der Waals surface area contributed by atoms with E-state index >= 15 is 0 Å². The monoisotopic (exact) mass is 206 g/mol. The van der Waals surface area contributed by atoms with Crippen molar-refractivity contribution in [1.82, 2.24) is 25.6 Å². The summed E-state index contributed by atoms with van der Waals surface area (Å²) in [5.41, 5.74) is 6.48. The van der Waals surface area contributed by atoms with Crippen LogP contribution in [0.25, 0.3) is 11.6 Å². The van der Waals surface area contributed by atoms with Crippen molar-refractivity contribution in [1.29, 1.82) is 0 Å². The highest BCUT2D eigenvalue weighted by molar-refractivity contribution is 5.42. The number of nitrogens with one attached hydrogen (secondary N) is 1. The zero-order valence-electron chi connectivity index (χ0n) is 7.92. The van der Waals surface area contributed by atoms with Gasteiger partial charge in [-0.25, -0.2) is 0 Å². The number of hydrogen-bond acceptors (Lipinski definition) is 6. The van der Waals surface area contributed by atoms with E-state index in [4.69, 9.17) is 10.3 Å². The van der Waals surface area contributed by atoms with Crippen molar-refractivity contribution >= 4 is 0 Å². The van der Waals surface area contributed by atoms with E-state index < -0.39 is 0 Å². The van der Waals surface area contributed by atoms with E-state index in [2.05, 4.69) is 25.6 Å². The summed E-state index contributed by atoms with van der Waals surface area (Å²) in [6.45, 7) is 0. The van der Waals surface area contributed by atoms with Crippen LogP contribution in [0.3, 0.4) is 0 Å². The van der Waals surface area contributed by atoms with E-state index in [1.807, 2.05) is 0 Å². The van der Waals surface area contributed by atoms with Crippen LogP contribution in [0, 0.1) is 5.92 Å². The summed E-state index contributed by atoms with van der Waals surface area (Å²) in [7, 11) is 0. The van der Waals surface area contributed by atoms with Gasteiger partial charge in [0.25, 0.3) is 5.89 Å². The van der Waals surface area contributed by atoms with Crippen molar-refractivity contribution < 1.29 is 4.52 Å². The molecule has 78 valence electrons. The highest BCUT2D eigenvalue weighted by Crippen LogP contribution is 2.38. The van der Waals surface area contributed by atoms with Crippen LogP contribution >= 0.6 is 0 Å². The molecule has 1 fully saturated rings. The standard InChI is InChI=1S/C8H10N6O/c9-6(4-1-2-4)7-11-8(15-13-7)5-3-10-14-12-5/h3-4,6H,1-2,9H2,(H,10,12,14). The summed E-state index contributed by atoms with van der Waals surface area (Å²) in [5, 5.41) is 13.8. The predicted molar refractivity (Wildman–Crippen MR) is 49.3 cm³/mol. The highest BCUT2D eigenvalue weighted by Gasteiger charge is 2.32. The summed E-state index contributed by atoms with van der Waals surface area (Å²) < 4.78 is 5.04. The molecule has 0 saturated heterocycles. The van der Waals surface area contributed by atoms with Gasteiger partial charge in [-0.15, -0.1) is 0 Å². The molecule has 0 aromatic carbocycles. The van der Waals surface area contributed by atoms with Gasteiger partial charge in [-0.2, -0.15) is 20.4 Å². The van der Waals surface area contributed by atoms with E-state index in [0.29, 0.717) is 23.3 Å². The molecule has 0 bridgehead atoms. The van der Waals surface area contributed by atoms with E-state index in [1.54, 1.807) is 0 Å². The van der Waals surface area contributed by atoms with E-state index in [-0.39, 0.29) is 6.04 Å². The SMILES string of the molecule is NC(c1noc(-c2cn[nH]n2)n1)C1CC1. The molecule has 1 aliphatic rings. The first-order chi connectivity index (χ1) is 7.34.